The Labute approximate surface area is 67.5 Å². The van der Waals surface area contributed by atoms with E-state index in [9.17, 15) is 18.0 Å². The van der Waals surface area contributed by atoms with E-state index in [0.29, 0.717) is 0 Å². The van der Waals surface area contributed by atoms with Gasteiger partial charge in [-0.05, 0) is 0 Å². The van der Waals surface area contributed by atoms with Crippen molar-refractivity contribution in [2.45, 2.75) is 19.1 Å². The van der Waals surface area contributed by atoms with Gasteiger partial charge in [-0.2, -0.15) is 13.2 Å². The van der Waals surface area contributed by atoms with Crippen molar-refractivity contribution in [3.05, 3.63) is 0 Å². The number of nitrogens with one attached hydrogen (secondary N) is 1. The Hall–Kier alpha value is -0.780. The maximum atomic E-state index is 12.1. The van der Waals surface area contributed by atoms with Gasteiger partial charge < -0.3 is 0 Å². The van der Waals surface area contributed by atoms with Crippen molar-refractivity contribution in [2.75, 3.05) is 7.05 Å². The van der Waals surface area contributed by atoms with Crippen molar-refractivity contribution < 1.29 is 18.0 Å². The summed E-state index contributed by atoms with van der Waals surface area (Å²) in [6.45, 7) is 1.26. The molecule has 0 aromatic carbocycles. The van der Waals surface area contributed by atoms with Gasteiger partial charge in [-0.1, -0.05) is 6.92 Å². The number of amides is 1. The minimum atomic E-state index is -4.36. The standard InChI is InChI=1S/C6H9F3N2O/c1-3-4(6(7,8)9)10-11(2)5(3)12/h3-4,10H,1-2H3. The normalized spacial score (nSPS) is 31.4. The molecule has 0 aliphatic carbocycles. The van der Waals surface area contributed by atoms with Crippen LogP contribution in [-0.4, -0.2) is 30.2 Å². The molecule has 1 aliphatic heterocycles. The van der Waals surface area contributed by atoms with E-state index in [1.165, 1.54) is 14.0 Å². The van der Waals surface area contributed by atoms with Crippen molar-refractivity contribution in [1.82, 2.24) is 10.4 Å². The smallest absolute Gasteiger partial charge is 0.280 e. The van der Waals surface area contributed by atoms with E-state index in [1.54, 1.807) is 0 Å². The van der Waals surface area contributed by atoms with Gasteiger partial charge in [0.1, 0.15) is 6.04 Å². The molecular formula is C6H9F3N2O. The molecule has 1 rings (SSSR count). The SMILES string of the molecule is CC1C(=O)N(C)NC1C(F)(F)F. The van der Waals surface area contributed by atoms with Gasteiger partial charge in [-0.3, -0.25) is 9.80 Å². The van der Waals surface area contributed by atoms with Crippen LogP contribution in [-0.2, 0) is 4.79 Å². The highest BCUT2D eigenvalue weighted by Gasteiger charge is 2.51. The molecule has 3 nitrogen and oxygen atoms in total. The van der Waals surface area contributed by atoms with Crippen LogP contribution in [0.3, 0.4) is 0 Å². The van der Waals surface area contributed by atoms with Gasteiger partial charge in [-0.25, -0.2) is 5.43 Å². The molecular weight excluding hydrogens is 173 g/mol. The summed E-state index contributed by atoms with van der Waals surface area (Å²) in [6.07, 6.45) is -4.36. The molecule has 0 radical (unpaired) electrons. The zero-order chi connectivity index (χ0) is 9.52. The van der Waals surface area contributed by atoms with Crippen molar-refractivity contribution in [1.29, 1.82) is 0 Å². The van der Waals surface area contributed by atoms with Gasteiger partial charge in [0, 0.05) is 7.05 Å². The van der Waals surface area contributed by atoms with Gasteiger partial charge in [0.25, 0.3) is 0 Å². The fraction of sp³-hybridized carbons (Fsp3) is 0.833. The molecule has 1 saturated heterocycles. The van der Waals surface area contributed by atoms with Crippen molar-refractivity contribution >= 4 is 5.91 Å². The summed E-state index contributed by atoms with van der Waals surface area (Å²) in [5, 5.41) is 0.878. The van der Waals surface area contributed by atoms with Crippen LogP contribution in [0.4, 0.5) is 13.2 Å². The molecule has 0 aromatic heterocycles. The number of halogens is 3. The predicted octanol–water partition coefficient (Wildman–Crippen LogP) is 0.530. The third kappa shape index (κ3) is 1.38. The predicted molar refractivity (Wildman–Crippen MR) is 34.9 cm³/mol. The highest BCUT2D eigenvalue weighted by Crippen LogP contribution is 2.29. The summed E-state index contributed by atoms with van der Waals surface area (Å²) in [5.41, 5.74) is 2.05. The first-order valence-corrected chi connectivity index (χ1v) is 3.44. The quantitative estimate of drug-likeness (QED) is 0.592. The Balaban J connectivity index is 2.78. The molecule has 2 atom stereocenters. The molecule has 1 aliphatic rings. The lowest BCUT2D eigenvalue weighted by Gasteiger charge is -2.17. The summed E-state index contributed by atoms with van der Waals surface area (Å²) in [6, 6.07) is -1.74. The Morgan fingerprint density at radius 2 is 2.00 bits per heavy atom. The van der Waals surface area contributed by atoms with Crippen LogP contribution in [0.15, 0.2) is 0 Å². The van der Waals surface area contributed by atoms with E-state index in [0.717, 1.165) is 5.01 Å². The highest BCUT2D eigenvalue weighted by atomic mass is 19.4. The van der Waals surface area contributed by atoms with Crippen molar-refractivity contribution in [3.63, 3.8) is 0 Å². The van der Waals surface area contributed by atoms with Crippen molar-refractivity contribution in [3.8, 4) is 0 Å². The lowest BCUT2D eigenvalue weighted by atomic mass is 10.0. The number of alkyl halides is 3. The molecule has 12 heavy (non-hydrogen) atoms. The molecule has 1 N–H and O–H groups in total. The monoisotopic (exact) mass is 182 g/mol. The van der Waals surface area contributed by atoms with E-state index in [-0.39, 0.29) is 0 Å². The lowest BCUT2D eigenvalue weighted by molar-refractivity contribution is -0.163. The van der Waals surface area contributed by atoms with Gasteiger partial charge in [0.2, 0.25) is 5.91 Å². The maximum absolute atomic E-state index is 12.1. The second-order valence-electron chi connectivity index (χ2n) is 2.83. The molecule has 1 amide bonds. The van der Waals surface area contributed by atoms with E-state index in [1.807, 2.05) is 0 Å². The number of hydrogen-bond donors (Lipinski definition) is 1. The second-order valence-corrected chi connectivity index (χ2v) is 2.83. The van der Waals surface area contributed by atoms with E-state index >= 15 is 0 Å². The van der Waals surface area contributed by atoms with E-state index in [4.69, 9.17) is 0 Å². The molecule has 1 fully saturated rings. The molecule has 1 heterocycles. The molecule has 0 bridgehead atoms. The van der Waals surface area contributed by atoms with Gasteiger partial charge in [0.15, 0.2) is 0 Å². The summed E-state index contributed by atoms with van der Waals surface area (Å²) in [7, 11) is 1.28. The fourth-order valence-corrected chi connectivity index (χ4v) is 1.19. The van der Waals surface area contributed by atoms with Gasteiger partial charge >= 0.3 is 6.18 Å². The molecule has 0 spiro atoms. The molecule has 0 aromatic rings. The third-order valence-corrected chi connectivity index (χ3v) is 1.91. The number of rotatable bonds is 0. The minimum absolute atomic E-state index is 0.530. The maximum Gasteiger partial charge on any atom is 0.406 e. The first-order chi connectivity index (χ1) is 5.34. The van der Waals surface area contributed by atoms with Crippen LogP contribution in [0.2, 0.25) is 0 Å². The summed E-state index contributed by atoms with van der Waals surface area (Å²) in [5.74, 6) is -1.56. The van der Waals surface area contributed by atoms with E-state index < -0.39 is 24.0 Å². The largest absolute Gasteiger partial charge is 0.406 e. The summed E-state index contributed by atoms with van der Waals surface area (Å²) < 4.78 is 36.3. The molecule has 70 valence electrons. The first-order valence-electron chi connectivity index (χ1n) is 3.44. The van der Waals surface area contributed by atoms with Crippen LogP contribution in [0, 0.1) is 5.92 Å². The Morgan fingerprint density at radius 3 is 2.17 bits per heavy atom. The molecule has 6 heteroatoms. The van der Waals surface area contributed by atoms with Crippen LogP contribution >= 0.6 is 0 Å². The third-order valence-electron chi connectivity index (χ3n) is 1.91. The van der Waals surface area contributed by atoms with Crippen LogP contribution in [0.25, 0.3) is 0 Å². The topological polar surface area (TPSA) is 32.3 Å². The number of carbonyl (C=O) groups is 1. The summed E-state index contributed by atoms with van der Waals surface area (Å²) >= 11 is 0. The summed E-state index contributed by atoms with van der Waals surface area (Å²) in [4.78, 5) is 10.9. The Morgan fingerprint density at radius 1 is 1.50 bits per heavy atom. The average Bonchev–Trinajstić information content (AvgIpc) is 2.15. The number of nitrogens with zero attached hydrogens (tertiary/aromatic N) is 1. The Bertz CT molecular complexity index is 203. The molecule has 0 saturated carbocycles. The van der Waals surface area contributed by atoms with Crippen molar-refractivity contribution in [2.24, 2.45) is 5.92 Å². The van der Waals surface area contributed by atoms with Gasteiger partial charge in [-0.15, -0.1) is 0 Å². The average molecular weight is 182 g/mol. The molecule has 2 unspecified atom stereocenters. The Kier molecular flexibility index (Phi) is 2.03. The van der Waals surface area contributed by atoms with E-state index in [2.05, 4.69) is 5.43 Å². The second kappa shape index (κ2) is 2.62. The zero-order valence-electron chi connectivity index (χ0n) is 6.64. The van der Waals surface area contributed by atoms with Crippen LogP contribution < -0.4 is 5.43 Å². The number of hydrogen-bond acceptors (Lipinski definition) is 2. The number of hydrazine groups is 1. The first kappa shape index (κ1) is 9.31. The lowest BCUT2D eigenvalue weighted by Crippen LogP contribution is -2.43. The van der Waals surface area contributed by atoms with Crippen LogP contribution in [0.5, 0.6) is 0 Å². The number of carbonyl (C=O) groups excluding carboxylic acids is 1. The minimum Gasteiger partial charge on any atom is -0.280 e. The highest BCUT2D eigenvalue weighted by molar-refractivity contribution is 5.80. The zero-order valence-corrected chi connectivity index (χ0v) is 6.64. The fourth-order valence-electron chi connectivity index (χ4n) is 1.19. The van der Waals surface area contributed by atoms with Crippen LogP contribution in [0.1, 0.15) is 6.92 Å². The van der Waals surface area contributed by atoms with Gasteiger partial charge in [0.05, 0.1) is 5.92 Å².